The van der Waals surface area contributed by atoms with Gasteiger partial charge in [0.15, 0.2) is 0 Å². The van der Waals surface area contributed by atoms with E-state index in [1.54, 1.807) is 0 Å². The van der Waals surface area contributed by atoms with Crippen molar-refractivity contribution in [3.05, 3.63) is 0 Å². The zero-order chi connectivity index (χ0) is 14.2. The van der Waals surface area contributed by atoms with Crippen molar-refractivity contribution in [2.45, 2.75) is 58.7 Å². The summed E-state index contributed by atoms with van der Waals surface area (Å²) in [5, 5.41) is 0. The Morgan fingerprint density at radius 1 is 1.21 bits per heavy atom. The zero-order valence-corrected chi connectivity index (χ0v) is 12.5. The van der Waals surface area contributed by atoms with E-state index in [0.717, 1.165) is 19.3 Å². The van der Waals surface area contributed by atoms with E-state index < -0.39 is 28.6 Å². The van der Waals surface area contributed by atoms with Crippen molar-refractivity contribution < 1.29 is 22.1 Å². The van der Waals surface area contributed by atoms with Gasteiger partial charge >= 0.3 is 5.97 Å². The normalized spacial score (nSPS) is 33.9. The lowest BCUT2D eigenvalue weighted by Crippen LogP contribution is -2.41. The van der Waals surface area contributed by atoms with Crippen molar-refractivity contribution in [3.8, 4) is 0 Å². The maximum absolute atomic E-state index is 12.1. The number of carbonyl (C=O) groups is 1. The second-order valence-corrected chi connectivity index (χ2v) is 6.89. The monoisotopic (exact) mass is 290 g/mol. The SMILES string of the molecule is CCC(C)(C)C(=O)OC1C2CCC(C2)C1O[SH](=O)=O. The number of rotatable bonds is 5. The highest BCUT2D eigenvalue weighted by molar-refractivity contribution is 7.67. The Balaban J connectivity index is 2.07. The van der Waals surface area contributed by atoms with Gasteiger partial charge in [-0.1, -0.05) is 6.92 Å². The molecule has 0 aliphatic heterocycles. The molecule has 0 aromatic carbocycles. The van der Waals surface area contributed by atoms with Gasteiger partial charge in [-0.3, -0.25) is 8.98 Å². The molecule has 2 rings (SSSR count). The van der Waals surface area contributed by atoms with E-state index in [1.165, 1.54) is 0 Å². The van der Waals surface area contributed by atoms with Crippen LogP contribution in [0.5, 0.6) is 0 Å². The Hall–Kier alpha value is -0.620. The standard InChI is InChI=1S/C13H22O5S/c1-4-13(2,3)12(14)17-10-8-5-6-9(7-8)11(10)18-19(15)16/h8-11,19H,4-7H2,1-3H3. The fraction of sp³-hybridized carbons (Fsp3) is 0.923. The molecule has 0 heterocycles. The van der Waals surface area contributed by atoms with Gasteiger partial charge in [-0.15, -0.1) is 0 Å². The molecule has 0 spiro atoms. The van der Waals surface area contributed by atoms with Gasteiger partial charge in [-0.2, -0.15) is 0 Å². The predicted molar refractivity (Wildman–Crippen MR) is 70.0 cm³/mol. The van der Waals surface area contributed by atoms with Crippen LogP contribution in [-0.2, 0) is 24.7 Å². The lowest BCUT2D eigenvalue weighted by Gasteiger charge is -2.31. The number of thiol groups is 1. The first-order valence-electron chi connectivity index (χ1n) is 6.87. The fourth-order valence-electron chi connectivity index (χ4n) is 3.02. The van der Waals surface area contributed by atoms with Gasteiger partial charge in [0.05, 0.1) is 5.41 Å². The molecule has 19 heavy (non-hydrogen) atoms. The maximum atomic E-state index is 12.1. The Bertz CT molecular complexity index is 421. The molecule has 2 bridgehead atoms. The Morgan fingerprint density at radius 2 is 1.79 bits per heavy atom. The molecule has 5 nitrogen and oxygen atoms in total. The summed E-state index contributed by atoms with van der Waals surface area (Å²) in [5.41, 5.74) is -0.536. The number of esters is 1. The Morgan fingerprint density at radius 3 is 2.32 bits per heavy atom. The average Bonchev–Trinajstić information content (AvgIpc) is 2.91. The second-order valence-electron chi connectivity index (χ2n) is 6.23. The Labute approximate surface area is 115 Å². The molecule has 4 unspecified atom stereocenters. The molecule has 110 valence electrons. The lowest BCUT2D eigenvalue weighted by atomic mass is 9.89. The van der Waals surface area contributed by atoms with Crippen molar-refractivity contribution >= 4 is 17.0 Å². The van der Waals surface area contributed by atoms with Gasteiger partial charge in [0.25, 0.3) is 11.0 Å². The topological polar surface area (TPSA) is 69.7 Å². The molecule has 2 aliphatic carbocycles. The summed E-state index contributed by atoms with van der Waals surface area (Å²) < 4.78 is 32.1. The largest absolute Gasteiger partial charge is 0.459 e. The van der Waals surface area contributed by atoms with E-state index in [9.17, 15) is 13.2 Å². The first-order chi connectivity index (χ1) is 8.85. The second kappa shape index (κ2) is 5.40. The van der Waals surface area contributed by atoms with Crippen LogP contribution in [0.1, 0.15) is 46.5 Å². The van der Waals surface area contributed by atoms with Crippen LogP contribution in [0.3, 0.4) is 0 Å². The van der Waals surface area contributed by atoms with Crippen molar-refractivity contribution in [1.29, 1.82) is 0 Å². The van der Waals surface area contributed by atoms with Gasteiger partial charge in [0.2, 0.25) is 0 Å². The smallest absolute Gasteiger partial charge is 0.311 e. The number of carbonyl (C=O) groups excluding carboxylic acids is 1. The molecule has 4 atom stereocenters. The van der Waals surface area contributed by atoms with E-state index in [4.69, 9.17) is 8.92 Å². The molecule has 0 aromatic heterocycles. The zero-order valence-electron chi connectivity index (χ0n) is 11.6. The van der Waals surface area contributed by atoms with Crippen LogP contribution in [0.2, 0.25) is 0 Å². The molecule has 2 saturated carbocycles. The number of hydrogen-bond donors (Lipinski definition) is 1. The molecule has 0 aromatic rings. The highest BCUT2D eigenvalue weighted by Gasteiger charge is 2.52. The summed E-state index contributed by atoms with van der Waals surface area (Å²) in [6.07, 6.45) is 2.67. The number of hydrogen-bond acceptors (Lipinski definition) is 5. The molecule has 2 fully saturated rings. The maximum Gasteiger partial charge on any atom is 0.311 e. The van der Waals surface area contributed by atoms with E-state index in [-0.39, 0.29) is 17.8 Å². The van der Waals surface area contributed by atoms with E-state index in [1.807, 2.05) is 20.8 Å². The molecule has 0 amide bonds. The molecule has 6 heteroatoms. The molecular weight excluding hydrogens is 268 g/mol. The van der Waals surface area contributed by atoms with Crippen LogP contribution in [0, 0.1) is 17.3 Å². The average molecular weight is 290 g/mol. The van der Waals surface area contributed by atoms with E-state index in [2.05, 4.69) is 0 Å². The van der Waals surface area contributed by atoms with Crippen LogP contribution in [0.15, 0.2) is 0 Å². The summed E-state index contributed by atoms with van der Waals surface area (Å²) in [7, 11) is -2.90. The molecule has 0 saturated heterocycles. The molecule has 0 radical (unpaired) electrons. The number of fused-ring (bicyclic) bond motifs is 2. The van der Waals surface area contributed by atoms with Gasteiger partial charge < -0.3 is 4.74 Å². The molecule has 2 aliphatic rings. The van der Waals surface area contributed by atoms with Crippen molar-refractivity contribution in [3.63, 3.8) is 0 Å². The minimum atomic E-state index is -2.90. The highest BCUT2D eigenvalue weighted by atomic mass is 32.2. The van der Waals surface area contributed by atoms with Crippen LogP contribution in [-0.4, -0.2) is 26.6 Å². The first-order valence-corrected chi connectivity index (χ1v) is 7.97. The third-order valence-corrected chi connectivity index (χ3v) is 5.07. The van der Waals surface area contributed by atoms with Gasteiger partial charge in [-0.05, 0) is 51.4 Å². The lowest BCUT2D eigenvalue weighted by molar-refractivity contribution is -0.167. The van der Waals surface area contributed by atoms with Crippen LogP contribution in [0.4, 0.5) is 0 Å². The molecular formula is C13H22O5S. The Kier molecular flexibility index (Phi) is 4.20. The van der Waals surface area contributed by atoms with Crippen LogP contribution < -0.4 is 0 Å². The third-order valence-electron chi connectivity index (χ3n) is 4.65. The van der Waals surface area contributed by atoms with Crippen molar-refractivity contribution in [1.82, 2.24) is 0 Å². The van der Waals surface area contributed by atoms with Gasteiger partial charge in [-0.25, -0.2) is 8.42 Å². The van der Waals surface area contributed by atoms with Crippen LogP contribution in [0.25, 0.3) is 0 Å². The number of ether oxygens (including phenoxy) is 1. The first kappa shape index (κ1) is 14.8. The quantitative estimate of drug-likeness (QED) is 0.616. The van der Waals surface area contributed by atoms with Crippen molar-refractivity contribution in [2.24, 2.45) is 17.3 Å². The summed E-state index contributed by atoms with van der Waals surface area (Å²) in [5.74, 6) is 0.198. The van der Waals surface area contributed by atoms with Crippen LogP contribution >= 0.6 is 0 Å². The predicted octanol–water partition coefficient (Wildman–Crippen LogP) is 1.68. The third kappa shape index (κ3) is 2.94. The van der Waals surface area contributed by atoms with Crippen molar-refractivity contribution in [2.75, 3.05) is 0 Å². The summed E-state index contributed by atoms with van der Waals surface area (Å²) >= 11 is 0. The van der Waals surface area contributed by atoms with Gasteiger partial charge in [0.1, 0.15) is 12.2 Å². The molecule has 0 N–H and O–H groups in total. The minimum Gasteiger partial charge on any atom is -0.459 e. The van der Waals surface area contributed by atoms with E-state index in [0.29, 0.717) is 6.42 Å². The summed E-state index contributed by atoms with van der Waals surface area (Å²) in [6.45, 7) is 5.61. The summed E-state index contributed by atoms with van der Waals surface area (Å²) in [4.78, 5) is 12.1. The summed E-state index contributed by atoms with van der Waals surface area (Å²) in [6, 6.07) is 0. The highest BCUT2D eigenvalue weighted by Crippen LogP contribution is 2.48. The van der Waals surface area contributed by atoms with E-state index >= 15 is 0 Å². The minimum absolute atomic E-state index is 0.209. The van der Waals surface area contributed by atoms with Gasteiger partial charge in [0, 0.05) is 0 Å². The fourth-order valence-corrected chi connectivity index (χ4v) is 3.51.